The van der Waals surface area contributed by atoms with Crippen molar-refractivity contribution in [2.24, 2.45) is 5.92 Å². The Morgan fingerprint density at radius 2 is 2.36 bits per heavy atom. The van der Waals surface area contributed by atoms with Gasteiger partial charge in [-0.05, 0) is 37.6 Å². The predicted octanol–water partition coefficient (Wildman–Crippen LogP) is 2.58. The number of hydrogen-bond acceptors (Lipinski definition) is 4. The molecule has 0 unspecified atom stereocenters. The first-order chi connectivity index (χ1) is 10.6. The van der Waals surface area contributed by atoms with Crippen LogP contribution in [-0.4, -0.2) is 40.2 Å². The van der Waals surface area contributed by atoms with Crippen LogP contribution in [0.25, 0.3) is 11.5 Å². The molecule has 0 saturated carbocycles. The van der Waals surface area contributed by atoms with Gasteiger partial charge < -0.3 is 19.7 Å². The summed E-state index contributed by atoms with van der Waals surface area (Å²) in [4.78, 5) is 18.4. The minimum absolute atomic E-state index is 0.143. The van der Waals surface area contributed by atoms with E-state index in [2.05, 4.69) is 10.3 Å². The van der Waals surface area contributed by atoms with Crippen molar-refractivity contribution in [2.75, 3.05) is 18.4 Å². The molecule has 2 atom stereocenters. The molecule has 1 fully saturated rings. The van der Waals surface area contributed by atoms with Gasteiger partial charge in [0, 0.05) is 25.2 Å². The number of rotatable bonds is 3. The van der Waals surface area contributed by atoms with E-state index >= 15 is 0 Å². The normalized spacial score (nSPS) is 19.2. The van der Waals surface area contributed by atoms with Gasteiger partial charge in [-0.25, -0.2) is 4.79 Å². The van der Waals surface area contributed by atoms with Gasteiger partial charge in [0.15, 0.2) is 5.76 Å². The van der Waals surface area contributed by atoms with Crippen molar-refractivity contribution in [3.05, 3.63) is 36.7 Å². The van der Waals surface area contributed by atoms with Gasteiger partial charge in [0.1, 0.15) is 5.69 Å². The lowest BCUT2D eigenvalue weighted by Crippen LogP contribution is -2.34. The number of amides is 2. The molecule has 2 amide bonds. The van der Waals surface area contributed by atoms with E-state index in [-0.39, 0.29) is 11.9 Å². The topological polar surface area (TPSA) is 78.6 Å². The minimum atomic E-state index is -0.394. The van der Waals surface area contributed by atoms with E-state index in [4.69, 9.17) is 4.42 Å². The van der Waals surface area contributed by atoms with Crippen molar-refractivity contribution in [1.82, 2.24) is 9.88 Å². The second-order valence-corrected chi connectivity index (χ2v) is 5.54. The number of aliphatic hydroxyl groups excluding tert-OH is 1. The molecule has 0 radical (unpaired) electrons. The van der Waals surface area contributed by atoms with Gasteiger partial charge in [0.2, 0.25) is 0 Å². The number of aromatic nitrogens is 1. The summed E-state index contributed by atoms with van der Waals surface area (Å²) in [6.45, 7) is 2.99. The summed E-state index contributed by atoms with van der Waals surface area (Å²) >= 11 is 0. The first-order valence-corrected chi connectivity index (χ1v) is 7.38. The van der Waals surface area contributed by atoms with E-state index in [1.54, 1.807) is 48.5 Å². The largest absolute Gasteiger partial charge is 0.463 e. The van der Waals surface area contributed by atoms with Crippen LogP contribution in [0.1, 0.15) is 13.3 Å². The zero-order chi connectivity index (χ0) is 15.5. The first kappa shape index (κ1) is 14.6. The van der Waals surface area contributed by atoms with Crippen molar-refractivity contribution < 1.29 is 14.3 Å². The molecule has 1 aliphatic rings. The van der Waals surface area contributed by atoms with Gasteiger partial charge in [-0.15, -0.1) is 0 Å². The standard InChI is InChI=1S/C16H19N3O3/c1-11(20)12-6-8-19(10-12)16(21)18-13-4-2-7-17-15(13)14-5-3-9-22-14/h2-5,7,9,11-12,20H,6,8,10H2,1H3,(H,18,21)/t11-,12-/m1/s1. The number of nitrogens with one attached hydrogen (secondary N) is 1. The lowest BCUT2D eigenvalue weighted by molar-refractivity contribution is 0.130. The van der Waals surface area contributed by atoms with Crippen LogP contribution in [0.15, 0.2) is 41.1 Å². The van der Waals surface area contributed by atoms with Crippen LogP contribution >= 0.6 is 0 Å². The summed E-state index contributed by atoms with van der Waals surface area (Å²) in [5.74, 6) is 0.753. The van der Waals surface area contributed by atoms with Crippen molar-refractivity contribution >= 4 is 11.7 Å². The van der Waals surface area contributed by atoms with Crippen LogP contribution in [0.3, 0.4) is 0 Å². The molecule has 2 aromatic heterocycles. The number of furan rings is 1. The van der Waals surface area contributed by atoms with Crippen LogP contribution in [0.2, 0.25) is 0 Å². The quantitative estimate of drug-likeness (QED) is 0.913. The van der Waals surface area contributed by atoms with Crippen LogP contribution < -0.4 is 5.32 Å². The highest BCUT2D eigenvalue weighted by molar-refractivity contribution is 5.93. The highest BCUT2D eigenvalue weighted by atomic mass is 16.3. The number of carbonyl (C=O) groups is 1. The van der Waals surface area contributed by atoms with Gasteiger partial charge >= 0.3 is 6.03 Å². The Morgan fingerprint density at radius 3 is 3.05 bits per heavy atom. The number of pyridine rings is 1. The van der Waals surface area contributed by atoms with Gasteiger partial charge in [-0.2, -0.15) is 0 Å². The SMILES string of the molecule is C[C@@H](O)[C@@H]1CCN(C(=O)Nc2cccnc2-c2ccco2)C1. The first-order valence-electron chi connectivity index (χ1n) is 7.38. The molecule has 0 aliphatic carbocycles. The lowest BCUT2D eigenvalue weighted by Gasteiger charge is -2.19. The molecule has 3 rings (SSSR count). The maximum absolute atomic E-state index is 12.4. The fraction of sp³-hybridized carbons (Fsp3) is 0.375. The van der Waals surface area contributed by atoms with E-state index in [0.717, 1.165) is 6.42 Å². The third-order valence-corrected chi connectivity index (χ3v) is 4.00. The molecule has 2 aromatic rings. The van der Waals surface area contributed by atoms with Crippen molar-refractivity contribution in [2.45, 2.75) is 19.4 Å². The number of hydrogen-bond donors (Lipinski definition) is 2. The Bertz CT molecular complexity index is 640. The lowest BCUT2D eigenvalue weighted by atomic mass is 10.0. The van der Waals surface area contributed by atoms with Crippen LogP contribution in [0, 0.1) is 5.92 Å². The Morgan fingerprint density at radius 1 is 1.50 bits per heavy atom. The van der Waals surface area contributed by atoms with Gasteiger partial charge in [0.05, 0.1) is 18.1 Å². The Labute approximate surface area is 128 Å². The molecule has 1 aliphatic heterocycles. The summed E-state index contributed by atoms with van der Waals surface area (Å²) < 4.78 is 5.36. The third-order valence-electron chi connectivity index (χ3n) is 4.00. The number of likely N-dealkylation sites (tertiary alicyclic amines) is 1. The van der Waals surface area contributed by atoms with Gasteiger partial charge in [0.25, 0.3) is 0 Å². The summed E-state index contributed by atoms with van der Waals surface area (Å²) in [5, 5.41) is 12.5. The fourth-order valence-corrected chi connectivity index (χ4v) is 2.68. The zero-order valence-electron chi connectivity index (χ0n) is 12.4. The second-order valence-electron chi connectivity index (χ2n) is 5.54. The average molecular weight is 301 g/mol. The molecule has 22 heavy (non-hydrogen) atoms. The molecular weight excluding hydrogens is 282 g/mol. The second kappa shape index (κ2) is 6.19. The van der Waals surface area contributed by atoms with Crippen LogP contribution in [0.5, 0.6) is 0 Å². The van der Waals surface area contributed by atoms with E-state index in [9.17, 15) is 9.90 Å². The molecule has 116 valence electrons. The molecule has 0 bridgehead atoms. The Kier molecular flexibility index (Phi) is 4.11. The molecule has 6 nitrogen and oxygen atoms in total. The van der Waals surface area contributed by atoms with Gasteiger partial charge in [-0.1, -0.05) is 0 Å². The number of carbonyl (C=O) groups excluding carboxylic acids is 1. The fourth-order valence-electron chi connectivity index (χ4n) is 2.68. The number of nitrogens with zero attached hydrogens (tertiary/aromatic N) is 2. The molecule has 0 spiro atoms. The smallest absolute Gasteiger partial charge is 0.321 e. The van der Waals surface area contributed by atoms with Gasteiger partial charge in [-0.3, -0.25) is 4.98 Å². The van der Waals surface area contributed by atoms with Crippen LogP contribution in [0.4, 0.5) is 10.5 Å². The van der Waals surface area contributed by atoms with E-state index in [1.807, 2.05) is 0 Å². The number of anilines is 1. The van der Waals surface area contributed by atoms with Crippen molar-refractivity contribution in [1.29, 1.82) is 0 Å². The molecule has 0 aromatic carbocycles. The summed E-state index contributed by atoms with van der Waals surface area (Å²) in [5.41, 5.74) is 1.22. The summed E-state index contributed by atoms with van der Waals surface area (Å²) in [7, 11) is 0. The Balaban J connectivity index is 1.73. The molecular formula is C16H19N3O3. The van der Waals surface area contributed by atoms with E-state index in [0.29, 0.717) is 30.2 Å². The highest BCUT2D eigenvalue weighted by Crippen LogP contribution is 2.27. The molecule has 6 heteroatoms. The van der Waals surface area contributed by atoms with Crippen LogP contribution in [-0.2, 0) is 0 Å². The van der Waals surface area contributed by atoms with Crippen molar-refractivity contribution in [3.63, 3.8) is 0 Å². The number of aliphatic hydroxyl groups is 1. The third kappa shape index (κ3) is 2.96. The number of urea groups is 1. The maximum Gasteiger partial charge on any atom is 0.321 e. The Hall–Kier alpha value is -2.34. The summed E-state index contributed by atoms with van der Waals surface area (Å²) in [6, 6.07) is 6.97. The van der Waals surface area contributed by atoms with E-state index < -0.39 is 6.10 Å². The monoisotopic (exact) mass is 301 g/mol. The maximum atomic E-state index is 12.4. The average Bonchev–Trinajstić information content (AvgIpc) is 3.19. The molecule has 3 heterocycles. The minimum Gasteiger partial charge on any atom is -0.463 e. The van der Waals surface area contributed by atoms with E-state index in [1.165, 1.54) is 0 Å². The molecule has 1 saturated heterocycles. The highest BCUT2D eigenvalue weighted by Gasteiger charge is 2.29. The zero-order valence-corrected chi connectivity index (χ0v) is 12.4. The predicted molar refractivity (Wildman–Crippen MR) is 82.3 cm³/mol. The van der Waals surface area contributed by atoms with Crippen molar-refractivity contribution in [3.8, 4) is 11.5 Å². The summed E-state index contributed by atoms with van der Waals surface area (Å²) in [6.07, 6.45) is 3.66. The molecule has 2 N–H and O–H groups in total.